The van der Waals surface area contributed by atoms with Crippen molar-refractivity contribution in [3.05, 3.63) is 23.8 Å². The molecule has 0 aromatic heterocycles. The maximum absolute atomic E-state index is 5.70. The molecule has 100 valence electrons. The van der Waals surface area contributed by atoms with Gasteiger partial charge in [-0.1, -0.05) is 12.1 Å². The molecule has 1 atom stereocenters. The largest absolute Gasteiger partial charge is 0.486 e. The van der Waals surface area contributed by atoms with Crippen LogP contribution in [-0.2, 0) is 6.54 Å². The molecule has 3 nitrogen and oxygen atoms in total. The Kier molecular flexibility index (Phi) is 5.20. The molecule has 1 aliphatic rings. The van der Waals surface area contributed by atoms with Gasteiger partial charge in [-0.15, -0.1) is 0 Å². The summed E-state index contributed by atoms with van der Waals surface area (Å²) in [5, 5.41) is 3.53. The molecular weight excluding hydrogens is 246 g/mol. The number of benzene rings is 1. The molecule has 1 aromatic rings. The van der Waals surface area contributed by atoms with Gasteiger partial charge in [0, 0.05) is 18.2 Å². The van der Waals surface area contributed by atoms with E-state index in [4.69, 9.17) is 9.47 Å². The minimum absolute atomic E-state index is 0.526. The molecule has 1 aliphatic heterocycles. The van der Waals surface area contributed by atoms with Crippen LogP contribution >= 0.6 is 11.8 Å². The predicted molar refractivity (Wildman–Crippen MR) is 76.7 cm³/mol. The first-order valence-electron chi connectivity index (χ1n) is 6.41. The molecule has 0 bridgehead atoms. The molecule has 4 heteroatoms. The summed E-state index contributed by atoms with van der Waals surface area (Å²) in [7, 11) is 0. The lowest BCUT2D eigenvalue weighted by atomic mass is 10.1. The molecule has 1 N–H and O–H groups in total. The van der Waals surface area contributed by atoms with Crippen LogP contribution in [0.4, 0.5) is 0 Å². The summed E-state index contributed by atoms with van der Waals surface area (Å²) in [5.74, 6) is 2.98. The van der Waals surface area contributed by atoms with Gasteiger partial charge in [-0.3, -0.25) is 0 Å². The van der Waals surface area contributed by atoms with Gasteiger partial charge in [0.1, 0.15) is 13.2 Å². The number of hydrogen-bond donors (Lipinski definition) is 1. The van der Waals surface area contributed by atoms with Crippen LogP contribution in [0.1, 0.15) is 18.9 Å². The molecule has 1 unspecified atom stereocenters. The van der Waals surface area contributed by atoms with Gasteiger partial charge in [-0.2, -0.15) is 11.8 Å². The van der Waals surface area contributed by atoms with Crippen molar-refractivity contribution in [3.8, 4) is 11.5 Å². The van der Waals surface area contributed by atoms with Crippen molar-refractivity contribution in [1.82, 2.24) is 5.32 Å². The Morgan fingerprint density at radius 2 is 2.17 bits per heavy atom. The molecule has 0 amide bonds. The zero-order valence-electron chi connectivity index (χ0n) is 11.1. The second kappa shape index (κ2) is 6.90. The van der Waals surface area contributed by atoms with Gasteiger partial charge in [0.15, 0.2) is 11.5 Å². The lowest BCUT2D eigenvalue weighted by molar-refractivity contribution is 0.169. The number of thioether (sulfide) groups is 1. The minimum Gasteiger partial charge on any atom is -0.486 e. The zero-order valence-corrected chi connectivity index (χ0v) is 11.9. The van der Waals surface area contributed by atoms with Crippen molar-refractivity contribution < 1.29 is 9.47 Å². The van der Waals surface area contributed by atoms with E-state index in [0.717, 1.165) is 18.0 Å². The highest BCUT2D eigenvalue weighted by molar-refractivity contribution is 7.98. The first-order valence-corrected chi connectivity index (χ1v) is 7.80. The average Bonchev–Trinajstić information content (AvgIpc) is 2.42. The van der Waals surface area contributed by atoms with Crippen LogP contribution in [0.15, 0.2) is 18.2 Å². The van der Waals surface area contributed by atoms with Gasteiger partial charge in [0.2, 0.25) is 0 Å². The van der Waals surface area contributed by atoms with Crippen LogP contribution in [-0.4, -0.2) is 31.3 Å². The molecule has 0 saturated heterocycles. The minimum atomic E-state index is 0.526. The van der Waals surface area contributed by atoms with Gasteiger partial charge < -0.3 is 14.8 Å². The van der Waals surface area contributed by atoms with Gasteiger partial charge in [-0.05, 0) is 31.4 Å². The smallest absolute Gasteiger partial charge is 0.165 e. The zero-order chi connectivity index (χ0) is 12.8. The summed E-state index contributed by atoms with van der Waals surface area (Å²) >= 11 is 1.89. The third-order valence-corrected chi connectivity index (χ3v) is 3.69. The van der Waals surface area contributed by atoms with Crippen LogP contribution in [0, 0.1) is 0 Å². The Bertz CT molecular complexity index is 384. The maximum Gasteiger partial charge on any atom is 0.165 e. The molecule has 18 heavy (non-hydrogen) atoms. The summed E-state index contributed by atoms with van der Waals surface area (Å²) in [4.78, 5) is 0. The quantitative estimate of drug-likeness (QED) is 0.858. The maximum atomic E-state index is 5.70. The summed E-state index contributed by atoms with van der Waals surface area (Å²) in [5.41, 5.74) is 1.18. The monoisotopic (exact) mass is 267 g/mol. The van der Waals surface area contributed by atoms with E-state index >= 15 is 0 Å². The van der Waals surface area contributed by atoms with E-state index in [9.17, 15) is 0 Å². The highest BCUT2D eigenvalue weighted by Crippen LogP contribution is 2.33. The lowest BCUT2D eigenvalue weighted by Crippen LogP contribution is -2.27. The summed E-state index contributed by atoms with van der Waals surface area (Å²) in [6.45, 7) is 4.35. The highest BCUT2D eigenvalue weighted by Gasteiger charge is 2.15. The normalized spacial score (nSPS) is 15.4. The molecular formula is C14H21NO2S. The second-order valence-electron chi connectivity index (χ2n) is 4.50. The summed E-state index contributed by atoms with van der Waals surface area (Å²) < 4.78 is 11.3. The fraction of sp³-hybridized carbons (Fsp3) is 0.571. The fourth-order valence-corrected chi connectivity index (χ4v) is 2.54. The standard InChI is InChI=1S/C14H21NO2S/c1-11(6-9-18-2)15-10-12-4-3-5-13-14(12)17-8-7-16-13/h3-5,11,15H,6-10H2,1-2H3. The van der Waals surface area contributed by atoms with Crippen LogP contribution in [0.3, 0.4) is 0 Å². The topological polar surface area (TPSA) is 30.5 Å². The Hall–Kier alpha value is -0.870. The molecule has 2 rings (SSSR count). The van der Waals surface area contributed by atoms with Crippen LogP contribution in [0.5, 0.6) is 11.5 Å². The third kappa shape index (κ3) is 3.56. The van der Waals surface area contributed by atoms with E-state index < -0.39 is 0 Å². The molecule has 0 fully saturated rings. The first-order chi connectivity index (χ1) is 8.81. The number of para-hydroxylation sites is 1. The van der Waals surface area contributed by atoms with Crippen molar-refractivity contribution in [2.45, 2.75) is 25.9 Å². The van der Waals surface area contributed by atoms with Crippen molar-refractivity contribution in [2.24, 2.45) is 0 Å². The van der Waals surface area contributed by atoms with Gasteiger partial charge in [0.05, 0.1) is 0 Å². The second-order valence-corrected chi connectivity index (χ2v) is 5.49. The molecule has 0 saturated carbocycles. The van der Waals surface area contributed by atoms with E-state index in [1.807, 2.05) is 23.9 Å². The molecule has 0 radical (unpaired) electrons. The number of nitrogens with one attached hydrogen (secondary N) is 1. The summed E-state index contributed by atoms with van der Waals surface area (Å²) in [6.07, 6.45) is 3.33. The highest BCUT2D eigenvalue weighted by atomic mass is 32.2. The van der Waals surface area contributed by atoms with E-state index in [1.54, 1.807) is 0 Å². The Morgan fingerprint density at radius 1 is 1.33 bits per heavy atom. The molecule has 0 spiro atoms. The molecule has 1 aromatic carbocycles. The predicted octanol–water partition coefficient (Wildman–Crippen LogP) is 2.69. The average molecular weight is 267 g/mol. The van der Waals surface area contributed by atoms with Crippen molar-refractivity contribution >= 4 is 11.8 Å². The Morgan fingerprint density at radius 3 is 3.00 bits per heavy atom. The molecule has 1 heterocycles. The summed E-state index contributed by atoms with van der Waals surface area (Å²) in [6, 6.07) is 6.62. The number of ether oxygens (including phenoxy) is 2. The third-order valence-electron chi connectivity index (χ3n) is 3.04. The van der Waals surface area contributed by atoms with Gasteiger partial charge >= 0.3 is 0 Å². The van der Waals surface area contributed by atoms with Gasteiger partial charge in [-0.25, -0.2) is 0 Å². The van der Waals surface area contributed by atoms with Crippen LogP contribution < -0.4 is 14.8 Å². The fourth-order valence-electron chi connectivity index (χ4n) is 1.95. The van der Waals surface area contributed by atoms with E-state index in [-0.39, 0.29) is 0 Å². The van der Waals surface area contributed by atoms with Gasteiger partial charge in [0.25, 0.3) is 0 Å². The van der Waals surface area contributed by atoms with E-state index in [2.05, 4.69) is 24.6 Å². The van der Waals surface area contributed by atoms with Crippen molar-refractivity contribution in [1.29, 1.82) is 0 Å². The van der Waals surface area contributed by atoms with Crippen molar-refractivity contribution in [3.63, 3.8) is 0 Å². The first kappa shape index (κ1) is 13.6. The van der Waals surface area contributed by atoms with Crippen LogP contribution in [0.25, 0.3) is 0 Å². The van der Waals surface area contributed by atoms with E-state index in [0.29, 0.717) is 19.3 Å². The Balaban J connectivity index is 1.93. The number of rotatable bonds is 6. The lowest BCUT2D eigenvalue weighted by Gasteiger charge is -2.22. The number of hydrogen-bond acceptors (Lipinski definition) is 4. The van der Waals surface area contributed by atoms with Crippen molar-refractivity contribution in [2.75, 3.05) is 25.2 Å². The number of fused-ring (bicyclic) bond motifs is 1. The Labute approximate surface area is 113 Å². The SMILES string of the molecule is CSCCC(C)NCc1cccc2c1OCCO2. The van der Waals surface area contributed by atoms with Crippen LogP contribution in [0.2, 0.25) is 0 Å². The van der Waals surface area contributed by atoms with E-state index in [1.165, 1.54) is 17.7 Å². The molecule has 0 aliphatic carbocycles.